The number of carbonyl (C=O) groups excluding carboxylic acids is 1. The largest absolute Gasteiger partial charge is 0.394 e. The summed E-state index contributed by atoms with van der Waals surface area (Å²) < 4.78 is 11.2. The van der Waals surface area contributed by atoms with Crippen LogP contribution in [0.2, 0.25) is 0 Å². The lowest BCUT2D eigenvalue weighted by atomic mass is 9.99. The number of rotatable bonds is 36. The summed E-state index contributed by atoms with van der Waals surface area (Å²) in [5.41, 5.74) is 0. The third-order valence-corrected chi connectivity index (χ3v) is 10.5. The maximum Gasteiger partial charge on any atom is 0.220 e. The second-order valence-corrected chi connectivity index (χ2v) is 15.5. The van der Waals surface area contributed by atoms with Crippen LogP contribution in [-0.4, -0.2) is 87.5 Å². The topological polar surface area (TPSA) is 149 Å². The lowest BCUT2D eigenvalue weighted by Crippen LogP contribution is -2.60. The zero-order valence-corrected chi connectivity index (χ0v) is 34.0. The molecule has 53 heavy (non-hydrogen) atoms. The Hall–Kier alpha value is -1.33. The molecule has 1 amide bonds. The van der Waals surface area contributed by atoms with Crippen LogP contribution in [0.4, 0.5) is 0 Å². The van der Waals surface area contributed by atoms with Gasteiger partial charge in [0, 0.05) is 6.42 Å². The number of allylic oxidation sites excluding steroid dienone is 3. The Morgan fingerprint density at radius 1 is 0.623 bits per heavy atom. The van der Waals surface area contributed by atoms with E-state index >= 15 is 0 Å². The van der Waals surface area contributed by atoms with Crippen LogP contribution < -0.4 is 5.32 Å². The summed E-state index contributed by atoms with van der Waals surface area (Å²) in [5.74, 6) is -0.179. The molecular formula is C44H83NO8. The number of ether oxygens (including phenoxy) is 2. The molecule has 0 radical (unpaired) electrons. The molecule has 0 saturated carbocycles. The lowest BCUT2D eigenvalue weighted by molar-refractivity contribution is -0.302. The number of aliphatic hydroxyl groups excluding tert-OH is 5. The van der Waals surface area contributed by atoms with Crippen LogP contribution in [0, 0.1) is 0 Å². The minimum Gasteiger partial charge on any atom is -0.394 e. The normalized spacial score (nSPS) is 21.8. The quantitative estimate of drug-likeness (QED) is 0.0275. The Balaban J connectivity index is 2.36. The second kappa shape index (κ2) is 35.1. The van der Waals surface area contributed by atoms with Crippen molar-refractivity contribution >= 4 is 5.91 Å². The summed E-state index contributed by atoms with van der Waals surface area (Å²) in [6.45, 7) is 3.71. The third kappa shape index (κ3) is 26.2. The molecule has 0 aliphatic carbocycles. The highest BCUT2D eigenvalue weighted by Crippen LogP contribution is 2.22. The van der Waals surface area contributed by atoms with Gasteiger partial charge < -0.3 is 40.3 Å². The number of hydrogen-bond donors (Lipinski definition) is 6. The average molecular weight is 754 g/mol. The van der Waals surface area contributed by atoms with Gasteiger partial charge in [0.2, 0.25) is 5.91 Å². The fourth-order valence-corrected chi connectivity index (χ4v) is 6.92. The van der Waals surface area contributed by atoms with E-state index in [0.29, 0.717) is 6.42 Å². The first kappa shape index (κ1) is 49.7. The van der Waals surface area contributed by atoms with Crippen molar-refractivity contribution < 1.29 is 39.8 Å². The standard InChI is InChI=1S/C44H83NO8/c1-3-5-7-9-11-13-15-17-18-19-20-22-24-26-28-30-32-34-40(48)45-37(36-52-44-43(51)42(50)41(49)39(35-46)53-44)38(47)33-31-29-27-25-23-21-16-14-12-10-8-6-4-2/h8,10,31,33,37-39,41-44,46-47,49-51H,3-7,9,11-30,32,34-36H2,1-2H3,(H,45,48)/b10-8+,33-31+. The highest BCUT2D eigenvalue weighted by molar-refractivity contribution is 5.76. The Bertz CT molecular complexity index is 883. The Kier molecular flexibility index (Phi) is 32.9. The maximum absolute atomic E-state index is 12.9. The predicted molar refractivity (Wildman–Crippen MR) is 217 cm³/mol. The molecule has 0 aromatic rings. The van der Waals surface area contributed by atoms with Crippen LogP contribution in [0.5, 0.6) is 0 Å². The number of unbranched alkanes of at least 4 members (excludes halogenated alkanes) is 24. The van der Waals surface area contributed by atoms with E-state index in [2.05, 4.69) is 31.3 Å². The van der Waals surface area contributed by atoms with Crippen molar-refractivity contribution in [3.05, 3.63) is 24.3 Å². The van der Waals surface area contributed by atoms with E-state index in [0.717, 1.165) is 44.9 Å². The monoisotopic (exact) mass is 754 g/mol. The van der Waals surface area contributed by atoms with Gasteiger partial charge in [-0.3, -0.25) is 4.79 Å². The van der Waals surface area contributed by atoms with Crippen LogP contribution in [0.15, 0.2) is 24.3 Å². The van der Waals surface area contributed by atoms with Gasteiger partial charge in [-0.25, -0.2) is 0 Å². The van der Waals surface area contributed by atoms with Crippen molar-refractivity contribution in [2.75, 3.05) is 13.2 Å². The highest BCUT2D eigenvalue weighted by atomic mass is 16.7. The van der Waals surface area contributed by atoms with Crippen molar-refractivity contribution in [3.63, 3.8) is 0 Å². The molecule has 1 aliphatic heterocycles. The van der Waals surface area contributed by atoms with Gasteiger partial charge in [0.15, 0.2) is 6.29 Å². The van der Waals surface area contributed by atoms with E-state index in [1.165, 1.54) is 128 Å². The first-order valence-electron chi connectivity index (χ1n) is 22.1. The van der Waals surface area contributed by atoms with Gasteiger partial charge in [0.25, 0.3) is 0 Å². The Morgan fingerprint density at radius 3 is 1.60 bits per heavy atom. The van der Waals surface area contributed by atoms with Crippen LogP contribution in [-0.2, 0) is 14.3 Å². The summed E-state index contributed by atoms with van der Waals surface area (Å²) in [4.78, 5) is 12.9. The summed E-state index contributed by atoms with van der Waals surface area (Å²) >= 11 is 0. The molecule has 1 rings (SSSR count). The maximum atomic E-state index is 12.9. The van der Waals surface area contributed by atoms with Crippen molar-refractivity contribution in [3.8, 4) is 0 Å². The van der Waals surface area contributed by atoms with E-state index in [9.17, 15) is 30.3 Å². The molecule has 0 aromatic heterocycles. The number of amides is 1. The molecule has 0 bridgehead atoms. The van der Waals surface area contributed by atoms with E-state index in [-0.39, 0.29) is 12.5 Å². The zero-order chi connectivity index (χ0) is 38.8. The molecule has 1 fully saturated rings. The van der Waals surface area contributed by atoms with Crippen molar-refractivity contribution in [1.82, 2.24) is 5.32 Å². The average Bonchev–Trinajstić information content (AvgIpc) is 3.16. The fourth-order valence-electron chi connectivity index (χ4n) is 6.92. The van der Waals surface area contributed by atoms with Crippen molar-refractivity contribution in [1.29, 1.82) is 0 Å². The zero-order valence-electron chi connectivity index (χ0n) is 34.0. The van der Waals surface area contributed by atoms with Gasteiger partial charge in [-0.1, -0.05) is 173 Å². The molecule has 7 atom stereocenters. The van der Waals surface area contributed by atoms with E-state index in [4.69, 9.17) is 9.47 Å². The van der Waals surface area contributed by atoms with Crippen LogP contribution in [0.3, 0.4) is 0 Å². The number of aliphatic hydroxyl groups is 5. The summed E-state index contributed by atoms with van der Waals surface area (Å²) in [6.07, 6.45) is 33.6. The van der Waals surface area contributed by atoms with Crippen LogP contribution in [0.25, 0.3) is 0 Å². The number of hydrogen-bond acceptors (Lipinski definition) is 8. The minimum atomic E-state index is -1.56. The van der Waals surface area contributed by atoms with Crippen molar-refractivity contribution in [2.24, 2.45) is 0 Å². The number of nitrogens with one attached hydrogen (secondary N) is 1. The smallest absolute Gasteiger partial charge is 0.220 e. The molecule has 1 heterocycles. The fraction of sp³-hybridized carbons (Fsp3) is 0.886. The lowest BCUT2D eigenvalue weighted by Gasteiger charge is -2.40. The van der Waals surface area contributed by atoms with Gasteiger partial charge >= 0.3 is 0 Å². The van der Waals surface area contributed by atoms with Gasteiger partial charge in [-0.2, -0.15) is 0 Å². The minimum absolute atomic E-state index is 0.179. The highest BCUT2D eigenvalue weighted by Gasteiger charge is 2.44. The summed E-state index contributed by atoms with van der Waals surface area (Å²) in [6, 6.07) is -0.803. The van der Waals surface area contributed by atoms with Gasteiger partial charge in [0.05, 0.1) is 25.4 Å². The van der Waals surface area contributed by atoms with Gasteiger partial charge in [-0.05, 0) is 38.5 Å². The molecule has 0 aromatic carbocycles. The van der Waals surface area contributed by atoms with Gasteiger partial charge in [-0.15, -0.1) is 0 Å². The van der Waals surface area contributed by atoms with Crippen LogP contribution in [0.1, 0.15) is 194 Å². The molecule has 0 spiro atoms. The van der Waals surface area contributed by atoms with E-state index in [1.54, 1.807) is 6.08 Å². The first-order valence-corrected chi connectivity index (χ1v) is 22.1. The molecule has 9 heteroatoms. The van der Waals surface area contributed by atoms with Gasteiger partial charge in [0.1, 0.15) is 24.4 Å². The molecule has 1 saturated heterocycles. The third-order valence-electron chi connectivity index (χ3n) is 10.5. The van der Waals surface area contributed by atoms with E-state index in [1.807, 2.05) is 6.08 Å². The predicted octanol–water partition coefficient (Wildman–Crippen LogP) is 8.72. The second-order valence-electron chi connectivity index (χ2n) is 15.5. The molecule has 9 nitrogen and oxygen atoms in total. The molecule has 1 aliphatic rings. The molecule has 6 N–H and O–H groups in total. The summed E-state index contributed by atoms with van der Waals surface area (Å²) in [7, 11) is 0. The first-order chi connectivity index (χ1) is 25.8. The molecule has 7 unspecified atom stereocenters. The number of carbonyl (C=O) groups is 1. The molecular weight excluding hydrogens is 670 g/mol. The molecule has 312 valence electrons. The summed E-state index contributed by atoms with van der Waals surface area (Å²) in [5, 5.41) is 54.1. The Labute approximate surface area is 324 Å². The van der Waals surface area contributed by atoms with E-state index < -0.39 is 49.5 Å². The van der Waals surface area contributed by atoms with Crippen LogP contribution >= 0.6 is 0 Å². The Morgan fingerprint density at radius 2 is 1.09 bits per heavy atom. The van der Waals surface area contributed by atoms with Crippen molar-refractivity contribution in [2.45, 2.75) is 236 Å². The SMILES string of the molecule is CCC/C=C/CCCCCCCC/C=C/C(O)C(COC1OC(CO)C(O)C(O)C1O)NC(=O)CCCCCCCCCCCCCCCCCCC.